The summed E-state index contributed by atoms with van der Waals surface area (Å²) in [7, 11) is 0. The van der Waals surface area contributed by atoms with E-state index in [1.165, 1.54) is 5.56 Å². The highest BCUT2D eigenvalue weighted by Gasteiger charge is 2.22. The zero-order valence-corrected chi connectivity index (χ0v) is 20.5. The van der Waals surface area contributed by atoms with Crippen LogP contribution in [0.1, 0.15) is 51.5 Å². The van der Waals surface area contributed by atoms with Gasteiger partial charge >= 0.3 is 0 Å². The second-order valence-corrected chi connectivity index (χ2v) is 8.91. The maximum Gasteiger partial charge on any atom is 0.262 e. The molecule has 1 heterocycles. The average Bonchev–Trinajstić information content (AvgIpc) is 2.83. The summed E-state index contributed by atoms with van der Waals surface area (Å²) in [6.07, 6.45) is 2.55. The van der Waals surface area contributed by atoms with Gasteiger partial charge in [0.1, 0.15) is 5.75 Å². The molecule has 0 bridgehead atoms. The van der Waals surface area contributed by atoms with E-state index in [0.717, 1.165) is 31.6 Å². The molecule has 33 heavy (non-hydrogen) atoms. The molecule has 2 aromatic rings. The number of nitrogens with one attached hydrogen (secondary N) is 1. The Balaban J connectivity index is 1.50. The first kappa shape index (κ1) is 24.9. The fourth-order valence-electron chi connectivity index (χ4n) is 3.88. The zero-order chi connectivity index (χ0) is 23.8. The maximum atomic E-state index is 12.3. The number of piperazine rings is 1. The Bertz CT molecular complexity index is 940. The van der Waals surface area contributed by atoms with Crippen LogP contribution in [0, 0.1) is 0 Å². The largest absolute Gasteiger partial charge is 0.484 e. The lowest BCUT2D eigenvalue weighted by Gasteiger charge is -2.36. The molecule has 1 aliphatic heterocycles. The van der Waals surface area contributed by atoms with Crippen molar-refractivity contribution in [2.75, 3.05) is 43.0 Å². The summed E-state index contributed by atoms with van der Waals surface area (Å²) in [6.45, 7) is 9.17. The molecule has 0 aromatic heterocycles. The van der Waals surface area contributed by atoms with E-state index < -0.39 is 0 Å². The van der Waals surface area contributed by atoms with Crippen LogP contribution in [-0.2, 0) is 9.59 Å². The van der Waals surface area contributed by atoms with Gasteiger partial charge in [0.25, 0.3) is 5.91 Å². The van der Waals surface area contributed by atoms with Crippen LogP contribution in [0.2, 0.25) is 5.02 Å². The van der Waals surface area contributed by atoms with E-state index in [2.05, 4.69) is 24.1 Å². The number of carbonyl (C=O) groups is 2. The highest BCUT2D eigenvalue weighted by Crippen LogP contribution is 2.30. The maximum absolute atomic E-state index is 12.3. The number of anilines is 2. The van der Waals surface area contributed by atoms with Crippen LogP contribution in [0.4, 0.5) is 11.4 Å². The Morgan fingerprint density at radius 1 is 1.06 bits per heavy atom. The van der Waals surface area contributed by atoms with Crippen molar-refractivity contribution in [2.45, 2.75) is 46.0 Å². The molecule has 2 aromatic carbocycles. The highest BCUT2D eigenvalue weighted by molar-refractivity contribution is 6.33. The van der Waals surface area contributed by atoms with Gasteiger partial charge in [0, 0.05) is 38.3 Å². The van der Waals surface area contributed by atoms with Crippen molar-refractivity contribution >= 4 is 34.8 Å². The molecule has 1 unspecified atom stereocenters. The molecule has 3 rings (SSSR count). The summed E-state index contributed by atoms with van der Waals surface area (Å²) >= 11 is 6.52. The summed E-state index contributed by atoms with van der Waals surface area (Å²) in [4.78, 5) is 28.5. The summed E-state index contributed by atoms with van der Waals surface area (Å²) < 4.78 is 5.62. The molecule has 0 saturated carbocycles. The van der Waals surface area contributed by atoms with Crippen molar-refractivity contribution in [3.05, 3.63) is 53.1 Å². The van der Waals surface area contributed by atoms with Gasteiger partial charge in [-0.15, -0.1) is 0 Å². The number of hydrogen-bond acceptors (Lipinski definition) is 4. The smallest absolute Gasteiger partial charge is 0.262 e. The second-order valence-electron chi connectivity index (χ2n) is 8.50. The lowest BCUT2D eigenvalue weighted by atomic mass is 9.99. The van der Waals surface area contributed by atoms with E-state index in [4.69, 9.17) is 16.3 Å². The fourth-order valence-corrected chi connectivity index (χ4v) is 4.18. The van der Waals surface area contributed by atoms with Gasteiger partial charge in [-0.3, -0.25) is 9.59 Å². The highest BCUT2D eigenvalue weighted by atomic mass is 35.5. The molecule has 178 valence electrons. The van der Waals surface area contributed by atoms with Crippen molar-refractivity contribution in [3.63, 3.8) is 0 Å². The van der Waals surface area contributed by atoms with Crippen molar-refractivity contribution < 1.29 is 14.3 Å². The predicted molar refractivity (Wildman–Crippen MR) is 134 cm³/mol. The molecule has 6 nitrogen and oxygen atoms in total. The number of hydrogen-bond donors (Lipinski definition) is 1. The number of benzene rings is 2. The average molecular weight is 472 g/mol. The normalized spacial score (nSPS) is 14.7. The molecule has 0 aliphatic carbocycles. The molecule has 1 saturated heterocycles. The summed E-state index contributed by atoms with van der Waals surface area (Å²) in [5.41, 5.74) is 2.80. The fraction of sp³-hybridized carbons (Fsp3) is 0.462. The number of carbonyl (C=O) groups excluding carboxylic acids is 2. The van der Waals surface area contributed by atoms with Gasteiger partial charge in [0.2, 0.25) is 5.91 Å². The topological polar surface area (TPSA) is 61.9 Å². The molecule has 1 aliphatic rings. The van der Waals surface area contributed by atoms with E-state index in [1.54, 1.807) is 6.07 Å². The molecular formula is C26H34ClN3O3. The quantitative estimate of drug-likeness (QED) is 0.537. The van der Waals surface area contributed by atoms with Crippen LogP contribution in [0.15, 0.2) is 42.5 Å². The Morgan fingerprint density at radius 2 is 1.76 bits per heavy atom. The third-order valence-electron chi connectivity index (χ3n) is 6.10. The van der Waals surface area contributed by atoms with Gasteiger partial charge in [0.05, 0.1) is 10.7 Å². The van der Waals surface area contributed by atoms with Crippen LogP contribution in [-0.4, -0.2) is 49.5 Å². The van der Waals surface area contributed by atoms with Gasteiger partial charge in [0.15, 0.2) is 6.61 Å². The van der Waals surface area contributed by atoms with Gasteiger partial charge in [-0.2, -0.15) is 0 Å². The minimum Gasteiger partial charge on any atom is -0.484 e. The van der Waals surface area contributed by atoms with Crippen molar-refractivity contribution in [3.8, 4) is 5.75 Å². The Hall–Kier alpha value is -2.73. The van der Waals surface area contributed by atoms with E-state index in [-0.39, 0.29) is 18.4 Å². The standard InChI is InChI=1S/C26H34ClN3O3/c1-4-6-26(32)30-15-13-29(14-16-30)24-12-9-21(17-23(24)27)28-25(31)18-33-22-10-7-20(8-11-22)19(3)5-2/h7-12,17,19H,4-6,13-16,18H2,1-3H3,(H,28,31). The lowest BCUT2D eigenvalue weighted by Crippen LogP contribution is -2.48. The van der Waals surface area contributed by atoms with Gasteiger partial charge in [-0.1, -0.05) is 44.5 Å². The van der Waals surface area contributed by atoms with Crippen LogP contribution >= 0.6 is 11.6 Å². The molecule has 0 spiro atoms. The second kappa shape index (κ2) is 11.9. The summed E-state index contributed by atoms with van der Waals surface area (Å²) in [6, 6.07) is 13.4. The first-order valence-corrected chi connectivity index (χ1v) is 12.1. The SMILES string of the molecule is CCCC(=O)N1CCN(c2ccc(NC(=O)COc3ccc(C(C)CC)cc3)cc2Cl)CC1. The number of ether oxygens (including phenoxy) is 1. The molecule has 1 N–H and O–H groups in total. The number of halogens is 1. The predicted octanol–water partition coefficient (Wildman–Crippen LogP) is 5.32. The molecule has 2 amide bonds. The number of nitrogens with zero attached hydrogens (tertiary/aromatic N) is 2. The molecule has 7 heteroatoms. The Labute approximate surface area is 201 Å². The molecule has 0 radical (unpaired) electrons. The first-order valence-electron chi connectivity index (χ1n) is 11.8. The first-order chi connectivity index (χ1) is 15.9. The van der Waals surface area contributed by atoms with E-state index >= 15 is 0 Å². The monoisotopic (exact) mass is 471 g/mol. The molecular weight excluding hydrogens is 438 g/mol. The van der Waals surface area contributed by atoms with Crippen molar-refractivity contribution in [1.29, 1.82) is 0 Å². The van der Waals surface area contributed by atoms with Gasteiger partial charge < -0.3 is 19.9 Å². The molecule has 1 fully saturated rings. The van der Waals surface area contributed by atoms with E-state index in [1.807, 2.05) is 48.2 Å². The third kappa shape index (κ3) is 6.87. The lowest BCUT2D eigenvalue weighted by molar-refractivity contribution is -0.131. The molecule has 1 atom stereocenters. The Kier molecular flexibility index (Phi) is 9.01. The minimum atomic E-state index is -0.243. The Morgan fingerprint density at radius 3 is 2.36 bits per heavy atom. The van der Waals surface area contributed by atoms with E-state index in [0.29, 0.717) is 41.9 Å². The summed E-state index contributed by atoms with van der Waals surface area (Å²) in [5, 5.41) is 3.41. The number of rotatable bonds is 9. The van der Waals surface area contributed by atoms with Crippen LogP contribution in [0.3, 0.4) is 0 Å². The van der Waals surface area contributed by atoms with Crippen LogP contribution < -0.4 is 15.0 Å². The van der Waals surface area contributed by atoms with Crippen molar-refractivity contribution in [2.24, 2.45) is 0 Å². The van der Waals surface area contributed by atoms with Gasteiger partial charge in [-0.05, 0) is 54.7 Å². The van der Waals surface area contributed by atoms with Crippen molar-refractivity contribution in [1.82, 2.24) is 4.90 Å². The third-order valence-corrected chi connectivity index (χ3v) is 6.40. The minimum absolute atomic E-state index is 0.0736. The van der Waals surface area contributed by atoms with Gasteiger partial charge in [-0.25, -0.2) is 0 Å². The number of amides is 2. The zero-order valence-electron chi connectivity index (χ0n) is 19.8. The van der Waals surface area contributed by atoms with Crippen LogP contribution in [0.5, 0.6) is 5.75 Å². The van der Waals surface area contributed by atoms with E-state index in [9.17, 15) is 9.59 Å². The van der Waals surface area contributed by atoms with Crippen LogP contribution in [0.25, 0.3) is 0 Å². The summed E-state index contributed by atoms with van der Waals surface area (Å²) in [5.74, 6) is 1.15.